The molecule has 0 unspecified atom stereocenters. The number of carbonyl (C=O) groups excluding carboxylic acids is 4. The van der Waals surface area contributed by atoms with E-state index in [2.05, 4.69) is 10.6 Å². The van der Waals surface area contributed by atoms with Gasteiger partial charge in [-0.05, 0) is 30.3 Å². The Kier molecular flexibility index (Phi) is 5.67. The number of hydrogen-bond acceptors (Lipinski definition) is 7. The topological polar surface area (TPSA) is 123 Å². The predicted molar refractivity (Wildman–Crippen MR) is 112 cm³/mol. The third-order valence-electron chi connectivity index (χ3n) is 5.27. The summed E-state index contributed by atoms with van der Waals surface area (Å²) < 4.78 is 15.9. The maximum absolute atomic E-state index is 12.5. The molecule has 2 aromatic rings. The molecule has 4 rings (SSSR count). The van der Waals surface area contributed by atoms with Gasteiger partial charge in [0, 0.05) is 29.9 Å². The highest BCUT2D eigenvalue weighted by atomic mass is 16.6. The van der Waals surface area contributed by atoms with Crippen LogP contribution in [0.15, 0.2) is 36.4 Å². The van der Waals surface area contributed by atoms with E-state index in [0.29, 0.717) is 35.7 Å². The van der Waals surface area contributed by atoms with Crippen LogP contribution in [-0.2, 0) is 9.53 Å². The first-order valence-electron chi connectivity index (χ1n) is 9.88. The van der Waals surface area contributed by atoms with Gasteiger partial charge in [0.1, 0.15) is 11.7 Å². The molecule has 10 nitrogen and oxygen atoms in total. The third kappa shape index (κ3) is 3.82. The number of nitrogens with one attached hydrogen (secondary N) is 2. The molecule has 4 amide bonds. The normalized spacial score (nSPS) is 16.8. The first kappa shape index (κ1) is 21.2. The van der Waals surface area contributed by atoms with Gasteiger partial charge in [0.15, 0.2) is 11.5 Å². The average Bonchev–Trinajstić information content (AvgIpc) is 3.36. The maximum atomic E-state index is 12.5. The Hall–Kier alpha value is -4.08. The Bertz CT molecular complexity index is 1100. The van der Waals surface area contributed by atoms with Crippen LogP contribution < -0.4 is 20.1 Å². The summed E-state index contributed by atoms with van der Waals surface area (Å²) >= 11 is 0. The highest BCUT2D eigenvalue weighted by Crippen LogP contribution is 2.43. The van der Waals surface area contributed by atoms with Crippen molar-refractivity contribution in [3.63, 3.8) is 0 Å². The van der Waals surface area contributed by atoms with E-state index in [4.69, 9.17) is 14.2 Å². The molecule has 2 aromatic carbocycles. The monoisotopic (exact) mass is 439 g/mol. The molecule has 2 heterocycles. The highest BCUT2D eigenvalue weighted by molar-refractivity contribution is 6.05. The van der Waals surface area contributed by atoms with E-state index in [9.17, 15) is 19.2 Å². The number of urea groups is 1. The number of rotatable bonds is 6. The summed E-state index contributed by atoms with van der Waals surface area (Å²) in [6, 6.07) is 9.11. The number of fused-ring (bicyclic) bond motifs is 1. The summed E-state index contributed by atoms with van der Waals surface area (Å²) in [5.41, 5.74) is 1.60. The van der Waals surface area contributed by atoms with Gasteiger partial charge in [0.05, 0.1) is 20.6 Å². The summed E-state index contributed by atoms with van der Waals surface area (Å²) in [4.78, 5) is 50.0. The third-order valence-corrected chi connectivity index (χ3v) is 5.27. The van der Waals surface area contributed by atoms with E-state index in [1.54, 1.807) is 24.3 Å². The zero-order valence-electron chi connectivity index (χ0n) is 17.5. The van der Waals surface area contributed by atoms with E-state index in [-0.39, 0.29) is 23.6 Å². The van der Waals surface area contributed by atoms with Crippen LogP contribution in [0.3, 0.4) is 0 Å². The number of cyclic esters (lactones) is 1. The first-order chi connectivity index (χ1) is 15.4. The molecule has 166 valence electrons. The van der Waals surface area contributed by atoms with Crippen LogP contribution in [0.25, 0.3) is 0 Å². The summed E-state index contributed by atoms with van der Waals surface area (Å²) in [5.74, 6) is -0.693. The smallest absolute Gasteiger partial charge is 0.343 e. The molecule has 0 bridgehead atoms. The zero-order valence-corrected chi connectivity index (χ0v) is 17.5. The molecule has 1 saturated heterocycles. The number of nitrogens with zero attached hydrogens (tertiary/aromatic N) is 1. The van der Waals surface area contributed by atoms with Crippen LogP contribution in [0.5, 0.6) is 11.5 Å². The van der Waals surface area contributed by atoms with Gasteiger partial charge in [-0.3, -0.25) is 14.5 Å². The number of imide groups is 1. The Balaban J connectivity index is 1.42. The van der Waals surface area contributed by atoms with Gasteiger partial charge in [-0.15, -0.1) is 0 Å². The molecule has 0 radical (unpaired) electrons. The molecule has 2 N–H and O–H groups in total. The van der Waals surface area contributed by atoms with Crippen molar-refractivity contribution in [2.24, 2.45) is 0 Å². The first-order valence-corrected chi connectivity index (χ1v) is 9.88. The largest absolute Gasteiger partial charge is 0.493 e. The van der Waals surface area contributed by atoms with Crippen LogP contribution in [0.1, 0.15) is 38.8 Å². The van der Waals surface area contributed by atoms with Crippen LogP contribution in [0.2, 0.25) is 0 Å². The van der Waals surface area contributed by atoms with Gasteiger partial charge < -0.3 is 24.8 Å². The summed E-state index contributed by atoms with van der Waals surface area (Å²) in [6.45, 7) is 0.737. The van der Waals surface area contributed by atoms with Gasteiger partial charge in [-0.2, -0.15) is 0 Å². The van der Waals surface area contributed by atoms with Crippen molar-refractivity contribution in [2.75, 3.05) is 32.6 Å². The Labute approximate surface area is 183 Å². The van der Waals surface area contributed by atoms with Crippen molar-refractivity contribution >= 4 is 29.5 Å². The van der Waals surface area contributed by atoms with Crippen molar-refractivity contribution in [3.8, 4) is 11.5 Å². The molecule has 0 aromatic heterocycles. The number of hydrogen-bond donors (Lipinski definition) is 2. The fourth-order valence-corrected chi connectivity index (χ4v) is 3.72. The number of esters is 1. The summed E-state index contributed by atoms with van der Waals surface area (Å²) in [6.07, 6.45) is -0.852. The lowest BCUT2D eigenvalue weighted by Crippen LogP contribution is -2.34. The minimum Gasteiger partial charge on any atom is -0.493 e. The molecular formula is C22H21N3O7. The fourth-order valence-electron chi connectivity index (χ4n) is 3.72. The van der Waals surface area contributed by atoms with Crippen molar-refractivity contribution < 1.29 is 33.4 Å². The van der Waals surface area contributed by atoms with Crippen LogP contribution in [0.4, 0.5) is 10.5 Å². The van der Waals surface area contributed by atoms with Crippen molar-refractivity contribution in [3.05, 3.63) is 53.1 Å². The fraction of sp³-hybridized carbons (Fsp3) is 0.273. The molecule has 0 aliphatic carbocycles. The van der Waals surface area contributed by atoms with Crippen molar-refractivity contribution in [1.82, 2.24) is 10.2 Å². The summed E-state index contributed by atoms with van der Waals surface area (Å²) in [7, 11) is 2.89. The Morgan fingerprint density at radius 2 is 1.88 bits per heavy atom. The number of amides is 4. The SMILES string of the molecule is COc1ccc2c(c1OC)C(=O)O[C@@H]2CC(=O)Nc1ccc(C(=O)N2CCNC2=O)cc1. The molecule has 0 spiro atoms. The summed E-state index contributed by atoms with van der Waals surface area (Å²) in [5, 5.41) is 5.29. The number of benzene rings is 2. The molecule has 0 saturated carbocycles. The van der Waals surface area contributed by atoms with Gasteiger partial charge in [-0.1, -0.05) is 6.07 Å². The Morgan fingerprint density at radius 3 is 2.50 bits per heavy atom. The lowest BCUT2D eigenvalue weighted by Gasteiger charge is -2.14. The molecule has 1 fully saturated rings. The van der Waals surface area contributed by atoms with Crippen LogP contribution >= 0.6 is 0 Å². The van der Waals surface area contributed by atoms with Crippen molar-refractivity contribution in [2.45, 2.75) is 12.5 Å². The minimum absolute atomic E-state index is 0.0944. The average molecular weight is 439 g/mol. The van der Waals surface area contributed by atoms with Crippen molar-refractivity contribution in [1.29, 1.82) is 0 Å². The van der Waals surface area contributed by atoms with E-state index >= 15 is 0 Å². The maximum Gasteiger partial charge on any atom is 0.343 e. The van der Waals surface area contributed by atoms with Gasteiger partial charge in [-0.25, -0.2) is 9.59 Å². The molecular weight excluding hydrogens is 418 g/mol. The second kappa shape index (κ2) is 8.58. The molecule has 1 atom stereocenters. The molecule has 2 aliphatic heterocycles. The highest BCUT2D eigenvalue weighted by Gasteiger charge is 2.37. The van der Waals surface area contributed by atoms with E-state index in [0.717, 1.165) is 4.90 Å². The quantitative estimate of drug-likeness (QED) is 0.661. The lowest BCUT2D eigenvalue weighted by molar-refractivity contribution is -0.118. The van der Waals surface area contributed by atoms with E-state index < -0.39 is 24.0 Å². The Morgan fingerprint density at radius 1 is 1.12 bits per heavy atom. The lowest BCUT2D eigenvalue weighted by atomic mass is 10.0. The predicted octanol–water partition coefficient (Wildman–Crippen LogP) is 2.11. The van der Waals surface area contributed by atoms with E-state index in [1.165, 1.54) is 26.4 Å². The molecule has 2 aliphatic rings. The van der Waals surface area contributed by atoms with Crippen LogP contribution in [-0.4, -0.2) is 56.0 Å². The number of carbonyl (C=O) groups is 4. The standard InChI is InChI=1S/C22H21N3O7/c1-30-15-8-7-14-16(32-21(28)18(14)19(15)31-2)11-17(26)24-13-5-3-12(4-6-13)20(27)25-10-9-23-22(25)29/h3-8,16H,9-11H2,1-2H3,(H,23,29)(H,24,26)/t16-/m1/s1. The van der Waals surface area contributed by atoms with Crippen LogP contribution in [0, 0.1) is 0 Å². The zero-order chi connectivity index (χ0) is 22.8. The number of methoxy groups -OCH3 is 2. The van der Waals surface area contributed by atoms with Gasteiger partial charge in [0.25, 0.3) is 5.91 Å². The molecule has 32 heavy (non-hydrogen) atoms. The minimum atomic E-state index is -0.758. The van der Waals surface area contributed by atoms with Gasteiger partial charge >= 0.3 is 12.0 Å². The second-order valence-electron chi connectivity index (χ2n) is 7.18. The number of ether oxygens (including phenoxy) is 3. The number of anilines is 1. The van der Waals surface area contributed by atoms with E-state index in [1.807, 2.05) is 0 Å². The molecule has 10 heteroatoms. The van der Waals surface area contributed by atoms with Gasteiger partial charge in [0.2, 0.25) is 5.91 Å². The second-order valence-corrected chi connectivity index (χ2v) is 7.18.